The second-order valence-corrected chi connectivity index (χ2v) is 9.61. The number of aromatic nitrogens is 2. The molecule has 0 saturated carbocycles. The van der Waals surface area contributed by atoms with E-state index < -0.39 is 10.0 Å². The van der Waals surface area contributed by atoms with E-state index in [2.05, 4.69) is 14.9 Å². The van der Waals surface area contributed by atoms with Gasteiger partial charge in [0, 0.05) is 38.4 Å². The number of benzene rings is 1. The van der Waals surface area contributed by atoms with Gasteiger partial charge in [0.15, 0.2) is 0 Å². The van der Waals surface area contributed by atoms with Gasteiger partial charge in [0.05, 0.1) is 6.04 Å². The van der Waals surface area contributed by atoms with E-state index in [9.17, 15) is 8.42 Å². The third-order valence-electron chi connectivity index (χ3n) is 5.27. The molecule has 1 fully saturated rings. The molecule has 2 aliphatic rings. The first-order valence-corrected chi connectivity index (χ1v) is 11.2. The predicted molar refractivity (Wildman–Crippen MR) is 107 cm³/mol. The summed E-state index contributed by atoms with van der Waals surface area (Å²) in [5.74, 6) is 1.35. The third-order valence-corrected chi connectivity index (χ3v) is 7.20. The van der Waals surface area contributed by atoms with Crippen LogP contribution < -0.4 is 9.64 Å². The Morgan fingerprint density at radius 3 is 2.57 bits per heavy atom. The van der Waals surface area contributed by atoms with Crippen LogP contribution in [-0.2, 0) is 10.0 Å². The van der Waals surface area contributed by atoms with Crippen molar-refractivity contribution in [2.24, 2.45) is 5.92 Å². The molecule has 1 aromatic heterocycles. The van der Waals surface area contributed by atoms with Gasteiger partial charge < -0.3 is 9.64 Å². The summed E-state index contributed by atoms with van der Waals surface area (Å²) in [5.41, 5.74) is 0. The van der Waals surface area contributed by atoms with Gasteiger partial charge in [-0.1, -0.05) is 26.0 Å². The van der Waals surface area contributed by atoms with Crippen LogP contribution in [0, 0.1) is 5.92 Å². The largest absolute Gasteiger partial charge is 0.487 e. The average molecular weight is 403 g/mol. The van der Waals surface area contributed by atoms with Crippen LogP contribution in [0.25, 0.3) is 0 Å². The number of anilines is 1. The Morgan fingerprint density at radius 1 is 1.11 bits per heavy atom. The van der Waals surface area contributed by atoms with Crippen LogP contribution in [0.4, 0.5) is 5.95 Å². The second-order valence-electron chi connectivity index (χ2n) is 7.75. The number of fused-ring (bicyclic) bond motifs is 2. The van der Waals surface area contributed by atoms with Crippen LogP contribution in [0.1, 0.15) is 26.7 Å². The maximum absolute atomic E-state index is 13.5. The fourth-order valence-corrected chi connectivity index (χ4v) is 5.97. The lowest BCUT2D eigenvalue weighted by atomic mass is 10.0. The SMILES string of the molecule is CC(C)CN1[C@H]2CCN(c3ncccn3)CC[C@@H]2Oc2ccccc2S1(=O)=O. The van der Waals surface area contributed by atoms with E-state index in [1.807, 2.05) is 19.9 Å². The quantitative estimate of drug-likeness (QED) is 0.785. The molecule has 150 valence electrons. The van der Waals surface area contributed by atoms with E-state index in [1.165, 1.54) is 0 Å². The molecule has 0 radical (unpaired) electrons. The van der Waals surface area contributed by atoms with Crippen molar-refractivity contribution in [1.29, 1.82) is 0 Å². The van der Waals surface area contributed by atoms with Crippen LogP contribution in [0.5, 0.6) is 5.75 Å². The van der Waals surface area contributed by atoms with Gasteiger partial charge in [0.1, 0.15) is 16.7 Å². The highest BCUT2D eigenvalue weighted by Crippen LogP contribution is 2.37. The summed E-state index contributed by atoms with van der Waals surface area (Å²) in [4.78, 5) is 11.1. The Hall–Kier alpha value is -2.19. The number of para-hydroxylation sites is 1. The van der Waals surface area contributed by atoms with E-state index in [0.717, 1.165) is 6.54 Å². The van der Waals surface area contributed by atoms with Crippen LogP contribution in [0.15, 0.2) is 47.6 Å². The molecule has 0 unspecified atom stereocenters. The molecule has 0 aliphatic carbocycles. The lowest BCUT2D eigenvalue weighted by Crippen LogP contribution is -2.48. The number of nitrogens with zero attached hydrogens (tertiary/aromatic N) is 4. The Labute approximate surface area is 166 Å². The molecule has 28 heavy (non-hydrogen) atoms. The minimum absolute atomic E-state index is 0.203. The summed E-state index contributed by atoms with van der Waals surface area (Å²) in [5, 5.41) is 0. The molecule has 2 aromatic rings. The Balaban J connectivity index is 1.71. The van der Waals surface area contributed by atoms with Gasteiger partial charge in [-0.05, 0) is 30.5 Å². The van der Waals surface area contributed by atoms with Crippen molar-refractivity contribution in [2.45, 2.75) is 43.7 Å². The Bertz CT molecular complexity index is 920. The summed E-state index contributed by atoms with van der Waals surface area (Å²) in [6, 6.07) is 8.56. The number of hydrogen-bond acceptors (Lipinski definition) is 6. The molecule has 0 spiro atoms. The van der Waals surface area contributed by atoms with E-state index in [4.69, 9.17) is 4.74 Å². The van der Waals surface area contributed by atoms with Gasteiger partial charge in [-0.2, -0.15) is 4.31 Å². The molecule has 4 rings (SSSR count). The first-order chi connectivity index (χ1) is 13.5. The summed E-state index contributed by atoms with van der Waals surface area (Å²) in [6.07, 6.45) is 4.64. The zero-order valence-electron chi connectivity index (χ0n) is 16.2. The maximum atomic E-state index is 13.5. The highest BCUT2D eigenvalue weighted by atomic mass is 32.2. The summed E-state index contributed by atoms with van der Waals surface area (Å²) in [6.45, 7) is 5.98. The summed E-state index contributed by atoms with van der Waals surface area (Å²) >= 11 is 0. The van der Waals surface area contributed by atoms with Crippen LogP contribution in [-0.4, -0.2) is 54.5 Å². The van der Waals surface area contributed by atoms with Gasteiger partial charge in [-0.15, -0.1) is 0 Å². The number of hydrogen-bond donors (Lipinski definition) is 0. The van der Waals surface area contributed by atoms with Gasteiger partial charge in [-0.3, -0.25) is 0 Å². The van der Waals surface area contributed by atoms with Crippen molar-refractivity contribution in [3.63, 3.8) is 0 Å². The maximum Gasteiger partial charge on any atom is 0.247 e. The Morgan fingerprint density at radius 2 is 1.82 bits per heavy atom. The number of rotatable bonds is 3. The fraction of sp³-hybridized carbons (Fsp3) is 0.500. The van der Waals surface area contributed by atoms with E-state index >= 15 is 0 Å². The van der Waals surface area contributed by atoms with E-state index in [-0.39, 0.29) is 23.0 Å². The van der Waals surface area contributed by atoms with Crippen molar-refractivity contribution < 1.29 is 13.2 Å². The molecule has 3 heterocycles. The van der Waals surface area contributed by atoms with Crippen LogP contribution in [0.3, 0.4) is 0 Å². The molecule has 7 nitrogen and oxygen atoms in total. The lowest BCUT2D eigenvalue weighted by molar-refractivity contribution is 0.109. The van der Waals surface area contributed by atoms with E-state index in [0.29, 0.717) is 37.6 Å². The highest BCUT2D eigenvalue weighted by Gasteiger charge is 2.43. The average Bonchev–Trinajstić information content (AvgIpc) is 2.93. The zero-order chi connectivity index (χ0) is 19.7. The molecule has 0 bridgehead atoms. The minimum atomic E-state index is -3.62. The van der Waals surface area contributed by atoms with Gasteiger partial charge >= 0.3 is 0 Å². The van der Waals surface area contributed by atoms with Gasteiger partial charge in [0.25, 0.3) is 0 Å². The smallest absolute Gasteiger partial charge is 0.247 e. The molecule has 1 saturated heterocycles. The van der Waals surface area contributed by atoms with Gasteiger partial charge in [-0.25, -0.2) is 18.4 Å². The first-order valence-electron chi connectivity index (χ1n) is 9.76. The normalized spacial score (nSPS) is 24.6. The van der Waals surface area contributed by atoms with Crippen molar-refractivity contribution >= 4 is 16.0 Å². The third kappa shape index (κ3) is 3.58. The molecule has 2 atom stereocenters. The van der Waals surface area contributed by atoms with E-state index in [1.54, 1.807) is 41.0 Å². The topological polar surface area (TPSA) is 75.6 Å². The monoisotopic (exact) mass is 402 g/mol. The Kier molecular flexibility index (Phi) is 5.25. The predicted octanol–water partition coefficient (Wildman–Crippen LogP) is 2.55. The number of sulfonamides is 1. The molecular weight excluding hydrogens is 376 g/mol. The summed E-state index contributed by atoms with van der Waals surface area (Å²) < 4.78 is 34.9. The molecule has 8 heteroatoms. The van der Waals surface area contributed by atoms with Crippen molar-refractivity contribution in [1.82, 2.24) is 14.3 Å². The number of ether oxygens (including phenoxy) is 1. The standard InChI is InChI=1S/C20H26N4O3S/c1-15(2)14-24-16-8-12-23(20-21-10-5-11-22-20)13-9-17(16)27-18-6-3-4-7-19(18)28(24,25)26/h3-7,10-11,15-17H,8-9,12-14H2,1-2H3/t16-,17-/m0/s1. The van der Waals surface area contributed by atoms with Crippen LogP contribution in [0.2, 0.25) is 0 Å². The van der Waals surface area contributed by atoms with Crippen molar-refractivity contribution in [3.8, 4) is 5.75 Å². The molecule has 0 N–H and O–H groups in total. The van der Waals surface area contributed by atoms with Crippen molar-refractivity contribution in [2.75, 3.05) is 24.5 Å². The lowest BCUT2D eigenvalue weighted by Gasteiger charge is -2.32. The fourth-order valence-electron chi connectivity index (χ4n) is 4.00. The molecule has 1 aromatic carbocycles. The second kappa shape index (κ2) is 7.67. The zero-order valence-corrected chi connectivity index (χ0v) is 17.0. The summed E-state index contributed by atoms with van der Waals surface area (Å²) in [7, 11) is -3.62. The molecular formula is C20H26N4O3S. The van der Waals surface area contributed by atoms with Gasteiger partial charge in [0.2, 0.25) is 16.0 Å². The minimum Gasteiger partial charge on any atom is -0.487 e. The highest BCUT2D eigenvalue weighted by molar-refractivity contribution is 7.89. The molecule has 0 amide bonds. The van der Waals surface area contributed by atoms with Crippen LogP contribution >= 0.6 is 0 Å². The van der Waals surface area contributed by atoms with Crippen molar-refractivity contribution in [3.05, 3.63) is 42.7 Å². The first kappa shape index (κ1) is 19.1. The molecule has 2 aliphatic heterocycles.